The molecule has 0 saturated carbocycles. The topological polar surface area (TPSA) is 56.8 Å². The molecule has 0 bridgehead atoms. The van der Waals surface area contributed by atoms with Gasteiger partial charge in [-0.25, -0.2) is 0 Å². The van der Waals surface area contributed by atoms with E-state index in [1.165, 1.54) is 0 Å². The van der Waals surface area contributed by atoms with E-state index in [-0.39, 0.29) is 18.6 Å². The van der Waals surface area contributed by atoms with Gasteiger partial charge in [-0.15, -0.1) is 0 Å². The molecule has 0 aliphatic carbocycles. The molecular formula is C18H20ClNO4. The Morgan fingerprint density at radius 1 is 1.08 bits per heavy atom. The second-order valence-electron chi connectivity index (χ2n) is 4.99. The average molecular weight is 350 g/mol. The maximum absolute atomic E-state index is 12.0. The van der Waals surface area contributed by atoms with Crippen LogP contribution in [-0.2, 0) is 9.53 Å². The first-order valence-electron chi connectivity index (χ1n) is 7.45. The zero-order valence-electron chi connectivity index (χ0n) is 13.6. The van der Waals surface area contributed by atoms with E-state index in [4.69, 9.17) is 25.8 Å². The van der Waals surface area contributed by atoms with Crippen molar-refractivity contribution in [2.75, 3.05) is 27.4 Å². The Hall–Kier alpha value is -2.24. The van der Waals surface area contributed by atoms with Crippen molar-refractivity contribution in [1.82, 2.24) is 5.32 Å². The van der Waals surface area contributed by atoms with Crippen LogP contribution >= 0.6 is 11.6 Å². The van der Waals surface area contributed by atoms with Gasteiger partial charge in [0.1, 0.15) is 6.10 Å². The van der Waals surface area contributed by atoms with Gasteiger partial charge in [-0.3, -0.25) is 4.79 Å². The second-order valence-corrected chi connectivity index (χ2v) is 5.40. The highest BCUT2D eigenvalue weighted by Crippen LogP contribution is 2.26. The van der Waals surface area contributed by atoms with E-state index in [0.29, 0.717) is 23.1 Å². The normalized spacial score (nSPS) is 11.6. The first-order valence-corrected chi connectivity index (χ1v) is 7.83. The lowest BCUT2D eigenvalue weighted by molar-refractivity contribution is -0.123. The number of hydrogen-bond acceptors (Lipinski definition) is 4. The number of carbonyl (C=O) groups is 1. The van der Waals surface area contributed by atoms with Gasteiger partial charge in [0.15, 0.2) is 18.1 Å². The maximum atomic E-state index is 12.0. The predicted octanol–water partition coefficient (Wildman–Crippen LogP) is 3.23. The van der Waals surface area contributed by atoms with E-state index in [2.05, 4.69) is 5.32 Å². The molecule has 6 heteroatoms. The molecule has 2 rings (SSSR count). The molecule has 2 aromatic rings. The summed E-state index contributed by atoms with van der Waals surface area (Å²) in [6.45, 7) is 0.188. The number of rotatable bonds is 8. The van der Waals surface area contributed by atoms with Crippen molar-refractivity contribution < 1.29 is 19.0 Å². The number of nitrogens with one attached hydrogen (secondary N) is 1. The SMILES string of the molecule is COc1ccccc1OCC(=O)NC[C@@H](OC)c1ccccc1Cl. The van der Waals surface area contributed by atoms with Gasteiger partial charge >= 0.3 is 0 Å². The molecule has 128 valence electrons. The number of carbonyl (C=O) groups excluding carboxylic acids is 1. The van der Waals surface area contributed by atoms with Gasteiger partial charge in [0.2, 0.25) is 0 Å². The van der Waals surface area contributed by atoms with Gasteiger partial charge in [-0.1, -0.05) is 41.9 Å². The number of benzene rings is 2. The minimum atomic E-state index is -0.325. The van der Waals surface area contributed by atoms with Crippen LogP contribution in [0.3, 0.4) is 0 Å². The number of hydrogen-bond donors (Lipinski definition) is 1. The standard InChI is InChI=1S/C18H20ClNO4/c1-22-15-9-5-6-10-16(15)24-12-18(21)20-11-17(23-2)13-7-3-4-8-14(13)19/h3-10,17H,11-12H2,1-2H3,(H,20,21)/t17-/m1/s1. The molecule has 0 heterocycles. The fourth-order valence-corrected chi connectivity index (χ4v) is 2.45. The van der Waals surface area contributed by atoms with Crippen molar-refractivity contribution in [3.05, 3.63) is 59.1 Å². The molecule has 0 saturated heterocycles. The van der Waals surface area contributed by atoms with Crippen molar-refractivity contribution in [1.29, 1.82) is 0 Å². The maximum Gasteiger partial charge on any atom is 0.258 e. The fraction of sp³-hybridized carbons (Fsp3) is 0.278. The molecule has 24 heavy (non-hydrogen) atoms. The van der Waals surface area contributed by atoms with Crippen molar-refractivity contribution >= 4 is 17.5 Å². The monoisotopic (exact) mass is 349 g/mol. The van der Waals surface area contributed by atoms with Gasteiger partial charge in [0.25, 0.3) is 5.91 Å². The average Bonchev–Trinajstić information content (AvgIpc) is 2.62. The van der Waals surface area contributed by atoms with Crippen molar-refractivity contribution in [2.45, 2.75) is 6.10 Å². The summed E-state index contributed by atoms with van der Waals surface area (Å²) in [5, 5.41) is 3.38. The lowest BCUT2D eigenvalue weighted by Crippen LogP contribution is -2.33. The van der Waals surface area contributed by atoms with Crippen LogP contribution in [0.1, 0.15) is 11.7 Å². The van der Waals surface area contributed by atoms with E-state index >= 15 is 0 Å². The number of amides is 1. The molecule has 5 nitrogen and oxygen atoms in total. The molecule has 0 radical (unpaired) electrons. The predicted molar refractivity (Wildman–Crippen MR) is 92.7 cm³/mol. The van der Waals surface area contributed by atoms with E-state index in [0.717, 1.165) is 5.56 Å². The molecule has 2 aromatic carbocycles. The highest BCUT2D eigenvalue weighted by atomic mass is 35.5. The fourth-order valence-electron chi connectivity index (χ4n) is 2.20. The summed E-state index contributed by atoms with van der Waals surface area (Å²) in [7, 11) is 3.13. The van der Waals surface area contributed by atoms with Gasteiger partial charge in [0, 0.05) is 24.2 Å². The number of para-hydroxylation sites is 2. The van der Waals surface area contributed by atoms with Gasteiger partial charge in [-0.2, -0.15) is 0 Å². The molecule has 0 aliphatic rings. The van der Waals surface area contributed by atoms with Crippen LogP contribution < -0.4 is 14.8 Å². The van der Waals surface area contributed by atoms with Gasteiger partial charge in [0.05, 0.1) is 7.11 Å². The summed E-state index contributed by atoms with van der Waals surface area (Å²) in [6.07, 6.45) is -0.325. The molecule has 1 atom stereocenters. The largest absolute Gasteiger partial charge is 0.493 e. The van der Waals surface area contributed by atoms with E-state index in [9.17, 15) is 4.79 Å². The van der Waals surface area contributed by atoms with Gasteiger partial charge in [-0.05, 0) is 18.2 Å². The Kier molecular flexibility index (Phi) is 6.90. The Bertz CT molecular complexity index is 678. The highest BCUT2D eigenvalue weighted by molar-refractivity contribution is 6.31. The van der Waals surface area contributed by atoms with Crippen molar-refractivity contribution in [2.24, 2.45) is 0 Å². The van der Waals surface area contributed by atoms with Crippen LogP contribution in [0, 0.1) is 0 Å². The molecule has 0 aromatic heterocycles. The van der Waals surface area contributed by atoms with Crippen LogP contribution in [0.2, 0.25) is 5.02 Å². The first-order chi connectivity index (χ1) is 11.7. The van der Waals surface area contributed by atoms with Crippen molar-refractivity contribution in [3.8, 4) is 11.5 Å². The Balaban J connectivity index is 1.87. The highest BCUT2D eigenvalue weighted by Gasteiger charge is 2.15. The lowest BCUT2D eigenvalue weighted by Gasteiger charge is -2.18. The molecule has 1 amide bonds. The summed E-state index contributed by atoms with van der Waals surface area (Å²) < 4.78 is 16.1. The quantitative estimate of drug-likeness (QED) is 0.795. The second kappa shape index (κ2) is 9.15. The number of methoxy groups -OCH3 is 2. The third kappa shape index (κ3) is 4.88. The van der Waals surface area contributed by atoms with Gasteiger partial charge < -0.3 is 19.5 Å². The smallest absolute Gasteiger partial charge is 0.258 e. The van der Waals surface area contributed by atoms with E-state index in [1.54, 1.807) is 32.4 Å². The number of halogens is 1. The van der Waals surface area contributed by atoms with Crippen LogP contribution in [0.25, 0.3) is 0 Å². The summed E-state index contributed by atoms with van der Waals surface area (Å²) >= 11 is 6.16. The molecule has 0 aliphatic heterocycles. The van der Waals surface area contributed by atoms with Crippen LogP contribution in [0.5, 0.6) is 11.5 Å². The van der Waals surface area contributed by atoms with Crippen molar-refractivity contribution in [3.63, 3.8) is 0 Å². The third-order valence-electron chi connectivity index (χ3n) is 3.45. The minimum Gasteiger partial charge on any atom is -0.493 e. The minimum absolute atomic E-state index is 0.112. The van der Waals surface area contributed by atoms with Crippen LogP contribution in [0.4, 0.5) is 0 Å². The lowest BCUT2D eigenvalue weighted by atomic mass is 10.1. The summed E-state index contributed by atoms with van der Waals surface area (Å²) in [5.74, 6) is 0.843. The number of ether oxygens (including phenoxy) is 3. The summed E-state index contributed by atoms with van der Waals surface area (Å²) in [4.78, 5) is 12.0. The molecule has 0 fully saturated rings. The summed E-state index contributed by atoms with van der Waals surface area (Å²) in [5.41, 5.74) is 0.826. The Morgan fingerprint density at radius 3 is 2.42 bits per heavy atom. The molecule has 0 unspecified atom stereocenters. The first kappa shape index (κ1) is 18.1. The molecular weight excluding hydrogens is 330 g/mol. The zero-order chi connectivity index (χ0) is 17.4. The third-order valence-corrected chi connectivity index (χ3v) is 3.79. The summed E-state index contributed by atoms with van der Waals surface area (Å²) in [6, 6.07) is 14.5. The zero-order valence-corrected chi connectivity index (χ0v) is 14.4. The van der Waals surface area contributed by atoms with E-state index in [1.807, 2.05) is 30.3 Å². The molecule has 1 N–H and O–H groups in total. The Labute approximate surface area is 146 Å². The Morgan fingerprint density at radius 2 is 1.75 bits per heavy atom. The van der Waals surface area contributed by atoms with E-state index < -0.39 is 0 Å². The molecule has 0 spiro atoms. The van der Waals surface area contributed by atoms with Crippen LogP contribution in [-0.4, -0.2) is 33.3 Å². The van der Waals surface area contributed by atoms with Crippen LogP contribution in [0.15, 0.2) is 48.5 Å².